The van der Waals surface area contributed by atoms with E-state index in [1.165, 1.54) is 0 Å². The van der Waals surface area contributed by atoms with Crippen LogP contribution in [0.5, 0.6) is 0 Å². The maximum atomic E-state index is 5.97. The van der Waals surface area contributed by atoms with Crippen LogP contribution in [0, 0.1) is 5.92 Å². The Hall–Kier alpha value is 0.250. The first-order chi connectivity index (χ1) is 6.16. The van der Waals surface area contributed by atoms with E-state index in [1.807, 2.05) is 0 Å². The summed E-state index contributed by atoms with van der Waals surface area (Å²) in [7, 11) is 0. The Morgan fingerprint density at radius 3 is 2.38 bits per heavy atom. The number of ether oxygens (including phenoxy) is 1. The first-order valence-electron chi connectivity index (χ1n) is 5.38. The molecule has 1 nitrogen and oxygen atoms in total. The normalized spacial score (nSPS) is 13.6. The summed E-state index contributed by atoms with van der Waals surface area (Å²) in [5.74, 6) is 0.747. The second-order valence-corrected chi connectivity index (χ2v) is 4.56. The summed E-state index contributed by atoms with van der Waals surface area (Å²) < 4.78 is 5.48. The number of hydrogen-bond donors (Lipinski definition) is 0. The lowest BCUT2D eigenvalue weighted by molar-refractivity contribution is 0.120. The van der Waals surface area contributed by atoms with E-state index in [1.54, 1.807) is 0 Å². The lowest BCUT2D eigenvalue weighted by Crippen LogP contribution is -2.03. The monoisotopic (exact) mass is 206 g/mol. The average Bonchev–Trinajstić information content (AvgIpc) is 2.10. The first-order valence-corrected chi connectivity index (χ1v) is 5.82. The molecule has 0 saturated heterocycles. The van der Waals surface area contributed by atoms with E-state index in [-0.39, 0.29) is 0 Å². The van der Waals surface area contributed by atoms with Crippen molar-refractivity contribution in [1.82, 2.24) is 0 Å². The smallest absolute Gasteiger partial charge is 0.0468 e. The maximum absolute atomic E-state index is 5.97. The van der Waals surface area contributed by atoms with Gasteiger partial charge in [-0.25, -0.2) is 0 Å². The van der Waals surface area contributed by atoms with Crippen molar-refractivity contribution in [3.63, 3.8) is 0 Å². The van der Waals surface area contributed by atoms with Gasteiger partial charge >= 0.3 is 0 Å². The van der Waals surface area contributed by atoms with Gasteiger partial charge in [0.25, 0.3) is 0 Å². The van der Waals surface area contributed by atoms with Gasteiger partial charge in [0.2, 0.25) is 0 Å². The minimum Gasteiger partial charge on any atom is -0.381 e. The van der Waals surface area contributed by atoms with Crippen LogP contribution in [0.25, 0.3) is 0 Å². The SMILES string of the molecule is CCC(Cl)CCCOCCC(C)C. The van der Waals surface area contributed by atoms with E-state index in [2.05, 4.69) is 20.8 Å². The molecule has 0 aromatic rings. The molecule has 80 valence electrons. The second-order valence-electron chi connectivity index (χ2n) is 3.94. The van der Waals surface area contributed by atoms with Crippen LogP contribution < -0.4 is 0 Å². The number of rotatable bonds is 8. The van der Waals surface area contributed by atoms with Crippen molar-refractivity contribution in [2.45, 2.75) is 51.8 Å². The van der Waals surface area contributed by atoms with Gasteiger partial charge in [0, 0.05) is 18.6 Å². The minimum atomic E-state index is 0.341. The Bertz CT molecular complexity index is 104. The molecule has 0 amide bonds. The predicted molar refractivity (Wildman–Crippen MR) is 59.4 cm³/mol. The molecule has 0 bridgehead atoms. The van der Waals surface area contributed by atoms with Crippen LogP contribution in [0.3, 0.4) is 0 Å². The quantitative estimate of drug-likeness (QED) is 0.433. The zero-order chi connectivity index (χ0) is 10.1. The first kappa shape index (κ1) is 13.2. The zero-order valence-electron chi connectivity index (χ0n) is 9.18. The van der Waals surface area contributed by atoms with Gasteiger partial charge in [-0.15, -0.1) is 11.6 Å². The third-order valence-corrected chi connectivity index (χ3v) is 2.62. The highest BCUT2D eigenvalue weighted by atomic mass is 35.5. The summed E-state index contributed by atoms with van der Waals surface area (Å²) in [4.78, 5) is 0. The van der Waals surface area contributed by atoms with Crippen LogP contribution in [0.15, 0.2) is 0 Å². The van der Waals surface area contributed by atoms with Gasteiger partial charge in [-0.2, -0.15) is 0 Å². The van der Waals surface area contributed by atoms with Crippen LogP contribution in [-0.4, -0.2) is 18.6 Å². The topological polar surface area (TPSA) is 9.23 Å². The van der Waals surface area contributed by atoms with E-state index in [0.29, 0.717) is 5.38 Å². The van der Waals surface area contributed by atoms with Crippen molar-refractivity contribution >= 4 is 11.6 Å². The fourth-order valence-electron chi connectivity index (χ4n) is 1.03. The van der Waals surface area contributed by atoms with Crippen molar-refractivity contribution in [3.05, 3.63) is 0 Å². The summed E-state index contributed by atoms with van der Waals surface area (Å²) in [6.07, 6.45) is 4.41. The average molecular weight is 207 g/mol. The molecular weight excluding hydrogens is 184 g/mol. The van der Waals surface area contributed by atoms with Crippen LogP contribution in [0.1, 0.15) is 46.5 Å². The maximum Gasteiger partial charge on any atom is 0.0468 e. The number of alkyl halides is 1. The molecule has 0 N–H and O–H groups in total. The summed E-state index contributed by atoms with van der Waals surface area (Å²) in [6, 6.07) is 0. The van der Waals surface area contributed by atoms with Gasteiger partial charge in [0.05, 0.1) is 0 Å². The minimum absolute atomic E-state index is 0.341. The van der Waals surface area contributed by atoms with Gasteiger partial charge in [-0.3, -0.25) is 0 Å². The van der Waals surface area contributed by atoms with E-state index >= 15 is 0 Å². The molecule has 1 unspecified atom stereocenters. The van der Waals surface area contributed by atoms with Crippen molar-refractivity contribution < 1.29 is 4.74 Å². The standard InChI is InChI=1S/C11H23ClO/c1-4-11(12)6-5-8-13-9-7-10(2)3/h10-11H,4-9H2,1-3H3. The summed E-state index contributed by atoms with van der Waals surface area (Å²) >= 11 is 5.97. The van der Waals surface area contributed by atoms with Gasteiger partial charge in [0.1, 0.15) is 0 Å². The molecule has 0 spiro atoms. The fourth-order valence-corrected chi connectivity index (χ4v) is 1.19. The van der Waals surface area contributed by atoms with Crippen LogP contribution in [0.4, 0.5) is 0 Å². The van der Waals surface area contributed by atoms with Crippen molar-refractivity contribution in [1.29, 1.82) is 0 Å². The molecule has 0 aliphatic rings. The van der Waals surface area contributed by atoms with Crippen LogP contribution in [0.2, 0.25) is 0 Å². The molecule has 13 heavy (non-hydrogen) atoms. The summed E-state index contributed by atoms with van der Waals surface area (Å²) in [5, 5.41) is 0.341. The molecular formula is C11H23ClO. The molecule has 0 aromatic heterocycles. The predicted octanol–water partition coefficient (Wildman–Crippen LogP) is 3.85. The molecule has 2 heteroatoms. The zero-order valence-corrected chi connectivity index (χ0v) is 9.94. The summed E-state index contributed by atoms with van der Waals surface area (Å²) in [5.41, 5.74) is 0. The molecule has 0 aliphatic heterocycles. The Balaban J connectivity index is 2.99. The molecule has 0 radical (unpaired) electrons. The molecule has 0 aliphatic carbocycles. The Kier molecular flexibility index (Phi) is 9.00. The molecule has 0 heterocycles. The van der Waals surface area contributed by atoms with Crippen molar-refractivity contribution in [2.75, 3.05) is 13.2 Å². The fraction of sp³-hybridized carbons (Fsp3) is 1.00. The van der Waals surface area contributed by atoms with Crippen LogP contribution in [-0.2, 0) is 4.74 Å². The van der Waals surface area contributed by atoms with E-state index in [9.17, 15) is 0 Å². The van der Waals surface area contributed by atoms with Gasteiger partial charge in [-0.05, 0) is 31.6 Å². The van der Waals surface area contributed by atoms with E-state index in [0.717, 1.165) is 44.8 Å². The Morgan fingerprint density at radius 2 is 1.85 bits per heavy atom. The number of hydrogen-bond acceptors (Lipinski definition) is 1. The van der Waals surface area contributed by atoms with Gasteiger partial charge < -0.3 is 4.74 Å². The second kappa shape index (κ2) is 8.83. The largest absolute Gasteiger partial charge is 0.381 e. The van der Waals surface area contributed by atoms with Crippen molar-refractivity contribution in [2.24, 2.45) is 5.92 Å². The molecule has 1 atom stereocenters. The lowest BCUT2D eigenvalue weighted by Gasteiger charge is -2.08. The third-order valence-electron chi connectivity index (χ3n) is 2.09. The van der Waals surface area contributed by atoms with Crippen molar-refractivity contribution in [3.8, 4) is 0 Å². The molecule has 0 rings (SSSR count). The highest BCUT2D eigenvalue weighted by Gasteiger charge is 2.00. The Morgan fingerprint density at radius 1 is 1.15 bits per heavy atom. The van der Waals surface area contributed by atoms with Gasteiger partial charge in [0.15, 0.2) is 0 Å². The van der Waals surface area contributed by atoms with Gasteiger partial charge in [-0.1, -0.05) is 20.8 Å². The van der Waals surface area contributed by atoms with Crippen LogP contribution >= 0.6 is 11.6 Å². The third kappa shape index (κ3) is 10.2. The van der Waals surface area contributed by atoms with E-state index < -0.39 is 0 Å². The highest BCUT2D eigenvalue weighted by Crippen LogP contribution is 2.09. The molecule has 0 saturated carbocycles. The molecule has 0 fully saturated rings. The van der Waals surface area contributed by atoms with E-state index in [4.69, 9.17) is 16.3 Å². The lowest BCUT2D eigenvalue weighted by atomic mass is 10.1. The highest BCUT2D eigenvalue weighted by molar-refractivity contribution is 6.20. The molecule has 0 aromatic carbocycles. The number of halogens is 1. The Labute approximate surface area is 87.8 Å². The summed E-state index contributed by atoms with van der Waals surface area (Å²) in [6.45, 7) is 8.33.